The summed E-state index contributed by atoms with van der Waals surface area (Å²) in [5, 5.41) is 10.4. The lowest BCUT2D eigenvalue weighted by molar-refractivity contribution is 1.13. The van der Waals surface area contributed by atoms with Crippen LogP contribution < -0.4 is 5.32 Å². The molecule has 0 spiro atoms. The van der Waals surface area contributed by atoms with Gasteiger partial charge in [0.2, 0.25) is 0 Å². The van der Waals surface area contributed by atoms with Crippen LogP contribution in [0.3, 0.4) is 0 Å². The lowest BCUT2D eigenvalue weighted by Crippen LogP contribution is -2.03. The molecule has 2 heterocycles. The van der Waals surface area contributed by atoms with Crippen molar-refractivity contribution in [1.82, 2.24) is 15.0 Å². The Bertz CT molecular complexity index is 541. The molecule has 0 aliphatic rings. The third-order valence-electron chi connectivity index (χ3n) is 2.17. The van der Waals surface area contributed by atoms with E-state index in [1.165, 1.54) is 0 Å². The van der Waals surface area contributed by atoms with Crippen molar-refractivity contribution in [3.63, 3.8) is 0 Å². The van der Waals surface area contributed by atoms with Crippen molar-refractivity contribution in [3.05, 3.63) is 35.1 Å². The van der Waals surface area contributed by atoms with Crippen molar-refractivity contribution in [2.24, 2.45) is 0 Å². The fourth-order valence-corrected chi connectivity index (χ4v) is 1.59. The van der Waals surface area contributed by atoms with Crippen LogP contribution in [0.15, 0.2) is 24.4 Å². The summed E-state index contributed by atoms with van der Waals surface area (Å²) < 4.78 is 0. The van der Waals surface area contributed by atoms with Crippen molar-refractivity contribution < 1.29 is 0 Å². The molecule has 6 heteroatoms. The van der Waals surface area contributed by atoms with Gasteiger partial charge in [0, 0.05) is 19.5 Å². The minimum Gasteiger partial charge on any atom is -0.372 e. The largest absolute Gasteiger partial charge is 0.372 e. The Kier molecular flexibility index (Phi) is 3.30. The van der Waals surface area contributed by atoms with Gasteiger partial charge in [0.05, 0.1) is 5.56 Å². The molecule has 0 aliphatic carbocycles. The lowest BCUT2D eigenvalue weighted by atomic mass is 10.3. The summed E-state index contributed by atoms with van der Waals surface area (Å²) >= 11 is 5.99. The van der Waals surface area contributed by atoms with Gasteiger partial charge in [-0.1, -0.05) is 17.7 Å². The summed E-state index contributed by atoms with van der Waals surface area (Å²) in [5.41, 5.74) is 1.11. The molecule has 0 atom stereocenters. The van der Waals surface area contributed by atoms with E-state index in [1.807, 2.05) is 12.1 Å². The van der Waals surface area contributed by atoms with Gasteiger partial charge >= 0.3 is 0 Å². The van der Waals surface area contributed by atoms with Crippen LogP contribution in [0.1, 0.15) is 5.56 Å². The standard InChI is InChI=1S/C11H10ClN5/c1-14-10-7(6-13)9(12)16-11(17-10)8-4-2-3-5-15-8/h2-6,13H,1H3,(H,14,16,17). The number of pyridine rings is 1. The Labute approximate surface area is 103 Å². The minimum atomic E-state index is 0.236. The van der Waals surface area contributed by atoms with E-state index in [1.54, 1.807) is 19.3 Å². The number of aromatic nitrogens is 3. The van der Waals surface area contributed by atoms with Crippen molar-refractivity contribution in [2.75, 3.05) is 12.4 Å². The number of hydrogen-bond acceptors (Lipinski definition) is 5. The third-order valence-corrected chi connectivity index (χ3v) is 2.46. The van der Waals surface area contributed by atoms with Gasteiger partial charge in [0.15, 0.2) is 5.82 Å². The minimum absolute atomic E-state index is 0.236. The lowest BCUT2D eigenvalue weighted by Gasteiger charge is -2.07. The SMILES string of the molecule is CNc1nc(-c2ccccn2)nc(Cl)c1C=N. The van der Waals surface area contributed by atoms with Crippen LogP contribution in [-0.2, 0) is 0 Å². The van der Waals surface area contributed by atoms with Gasteiger partial charge in [-0.2, -0.15) is 0 Å². The highest BCUT2D eigenvalue weighted by Gasteiger charge is 2.11. The molecule has 2 N–H and O–H groups in total. The predicted molar refractivity (Wildman–Crippen MR) is 67.7 cm³/mol. The van der Waals surface area contributed by atoms with E-state index in [-0.39, 0.29) is 5.15 Å². The molecule has 0 aliphatic heterocycles. The van der Waals surface area contributed by atoms with Crippen LogP contribution in [0.25, 0.3) is 11.5 Å². The van der Waals surface area contributed by atoms with E-state index >= 15 is 0 Å². The van der Waals surface area contributed by atoms with E-state index in [0.717, 1.165) is 6.21 Å². The zero-order chi connectivity index (χ0) is 12.3. The molecular formula is C11H10ClN5. The van der Waals surface area contributed by atoms with Crippen molar-refractivity contribution >= 4 is 23.6 Å². The van der Waals surface area contributed by atoms with Crippen LogP contribution in [0.4, 0.5) is 5.82 Å². The topological polar surface area (TPSA) is 74.6 Å². The van der Waals surface area contributed by atoms with E-state index in [4.69, 9.17) is 17.0 Å². The average molecular weight is 248 g/mol. The Morgan fingerprint density at radius 1 is 1.35 bits per heavy atom. The Morgan fingerprint density at radius 2 is 2.18 bits per heavy atom. The molecule has 0 bridgehead atoms. The molecule has 2 rings (SSSR count). The molecule has 2 aromatic rings. The molecule has 0 amide bonds. The van der Waals surface area contributed by atoms with Gasteiger partial charge < -0.3 is 10.7 Å². The molecule has 0 saturated heterocycles. The average Bonchev–Trinajstić information content (AvgIpc) is 2.38. The van der Waals surface area contributed by atoms with Crippen molar-refractivity contribution in [2.45, 2.75) is 0 Å². The zero-order valence-corrected chi connectivity index (χ0v) is 9.86. The van der Waals surface area contributed by atoms with Crippen LogP contribution >= 0.6 is 11.6 Å². The molecule has 2 aromatic heterocycles. The van der Waals surface area contributed by atoms with Gasteiger partial charge in [0.25, 0.3) is 0 Å². The summed E-state index contributed by atoms with van der Waals surface area (Å²) in [6.45, 7) is 0. The molecule has 0 aromatic carbocycles. The fourth-order valence-electron chi connectivity index (χ4n) is 1.37. The van der Waals surface area contributed by atoms with Gasteiger partial charge in [0.1, 0.15) is 16.7 Å². The number of halogens is 1. The molecule has 0 unspecified atom stereocenters. The summed E-state index contributed by atoms with van der Waals surface area (Å²) in [6.07, 6.45) is 2.78. The number of rotatable bonds is 3. The van der Waals surface area contributed by atoms with Gasteiger partial charge in [-0.3, -0.25) is 4.98 Å². The van der Waals surface area contributed by atoms with E-state index < -0.39 is 0 Å². The first-order valence-electron chi connectivity index (χ1n) is 4.93. The van der Waals surface area contributed by atoms with Gasteiger partial charge in [-0.05, 0) is 12.1 Å². The Morgan fingerprint density at radius 3 is 2.76 bits per heavy atom. The monoisotopic (exact) mass is 247 g/mol. The molecule has 17 heavy (non-hydrogen) atoms. The first kappa shape index (κ1) is 11.5. The van der Waals surface area contributed by atoms with Crippen LogP contribution in [0.2, 0.25) is 5.15 Å². The summed E-state index contributed by atoms with van der Waals surface area (Å²) in [5.74, 6) is 0.950. The summed E-state index contributed by atoms with van der Waals surface area (Å²) in [7, 11) is 1.72. The van der Waals surface area contributed by atoms with Crippen LogP contribution in [0.5, 0.6) is 0 Å². The smallest absolute Gasteiger partial charge is 0.181 e. The molecule has 5 nitrogen and oxygen atoms in total. The van der Waals surface area contributed by atoms with Gasteiger partial charge in [-0.15, -0.1) is 0 Å². The second-order valence-corrected chi connectivity index (χ2v) is 3.57. The molecule has 86 valence electrons. The maximum atomic E-state index is 7.26. The number of hydrogen-bond donors (Lipinski definition) is 2. The second kappa shape index (κ2) is 4.88. The highest BCUT2D eigenvalue weighted by molar-refractivity contribution is 6.32. The predicted octanol–water partition coefficient (Wildman–Crippen LogP) is 2.23. The van der Waals surface area contributed by atoms with E-state index in [2.05, 4.69) is 20.3 Å². The summed E-state index contributed by atoms with van der Waals surface area (Å²) in [4.78, 5) is 12.5. The first-order valence-corrected chi connectivity index (χ1v) is 5.31. The number of anilines is 1. The van der Waals surface area contributed by atoms with Crippen molar-refractivity contribution in [1.29, 1.82) is 5.41 Å². The maximum Gasteiger partial charge on any atom is 0.181 e. The third kappa shape index (κ3) is 2.24. The Balaban J connectivity index is 2.58. The molecule has 0 radical (unpaired) electrons. The first-order chi connectivity index (χ1) is 8.26. The maximum absolute atomic E-state index is 7.26. The normalized spacial score (nSPS) is 10.0. The number of nitrogens with zero attached hydrogens (tertiary/aromatic N) is 3. The van der Waals surface area contributed by atoms with E-state index in [9.17, 15) is 0 Å². The van der Waals surface area contributed by atoms with Crippen molar-refractivity contribution in [3.8, 4) is 11.5 Å². The molecular weight excluding hydrogens is 238 g/mol. The molecule has 0 fully saturated rings. The molecule has 0 saturated carbocycles. The van der Waals surface area contributed by atoms with E-state index in [0.29, 0.717) is 22.9 Å². The quantitative estimate of drug-likeness (QED) is 0.644. The van der Waals surface area contributed by atoms with Gasteiger partial charge in [-0.25, -0.2) is 9.97 Å². The second-order valence-electron chi connectivity index (χ2n) is 3.21. The highest BCUT2D eigenvalue weighted by atomic mass is 35.5. The highest BCUT2D eigenvalue weighted by Crippen LogP contribution is 2.22. The zero-order valence-electron chi connectivity index (χ0n) is 9.11. The summed E-state index contributed by atoms with van der Waals surface area (Å²) in [6, 6.07) is 5.47. The van der Waals surface area contributed by atoms with Crippen LogP contribution in [-0.4, -0.2) is 28.2 Å². The Hall–Kier alpha value is -2.01. The fraction of sp³-hybridized carbons (Fsp3) is 0.0909. The number of nitrogens with one attached hydrogen (secondary N) is 2. The van der Waals surface area contributed by atoms with Crippen LogP contribution in [0, 0.1) is 5.41 Å².